The largest absolute Gasteiger partial charge is 0.497 e. The van der Waals surface area contributed by atoms with Crippen LogP contribution in [0.3, 0.4) is 0 Å². The Morgan fingerprint density at radius 2 is 1.88 bits per heavy atom. The van der Waals surface area contributed by atoms with E-state index in [4.69, 9.17) is 4.74 Å². The summed E-state index contributed by atoms with van der Waals surface area (Å²) < 4.78 is 5.20. The number of aliphatic hydroxyl groups excluding tert-OH is 1. The van der Waals surface area contributed by atoms with Crippen LogP contribution in [0.15, 0.2) is 24.3 Å². The van der Waals surface area contributed by atoms with Crippen LogP contribution in [-0.2, 0) is 9.59 Å². The zero-order valence-electron chi connectivity index (χ0n) is 15.4. The maximum atomic E-state index is 13.0. The van der Waals surface area contributed by atoms with Crippen LogP contribution >= 0.6 is 0 Å². The van der Waals surface area contributed by atoms with Crippen LogP contribution in [0.4, 0.5) is 0 Å². The maximum Gasteiger partial charge on any atom is 0.324 e. The van der Waals surface area contributed by atoms with E-state index in [1.165, 1.54) is 0 Å². The van der Waals surface area contributed by atoms with E-state index in [0.29, 0.717) is 25.3 Å². The van der Waals surface area contributed by atoms with Crippen molar-refractivity contribution in [2.45, 2.75) is 37.5 Å². The SMILES string of the molecule is CC[C@@]1(C(=O)O)C[C@H](C(=O)N2CC(O)C2)[C@H](c2ccc(OC)cc2)N1C. The molecular formula is C19H26N2O5. The highest BCUT2D eigenvalue weighted by Gasteiger charge is 2.57. The second-order valence-electron chi connectivity index (χ2n) is 7.23. The summed E-state index contributed by atoms with van der Waals surface area (Å²) in [7, 11) is 3.37. The summed E-state index contributed by atoms with van der Waals surface area (Å²) in [5.74, 6) is -0.737. The second-order valence-corrected chi connectivity index (χ2v) is 7.23. The molecular weight excluding hydrogens is 336 g/mol. The van der Waals surface area contributed by atoms with Crippen molar-refractivity contribution in [1.29, 1.82) is 0 Å². The van der Waals surface area contributed by atoms with Crippen LogP contribution in [0.1, 0.15) is 31.4 Å². The smallest absolute Gasteiger partial charge is 0.324 e. The van der Waals surface area contributed by atoms with E-state index in [-0.39, 0.29) is 18.4 Å². The Morgan fingerprint density at radius 3 is 2.35 bits per heavy atom. The van der Waals surface area contributed by atoms with E-state index in [2.05, 4.69) is 0 Å². The van der Waals surface area contributed by atoms with Crippen molar-refractivity contribution in [1.82, 2.24) is 9.80 Å². The van der Waals surface area contributed by atoms with Gasteiger partial charge in [-0.05, 0) is 37.6 Å². The number of carbonyl (C=O) groups excluding carboxylic acids is 1. The Morgan fingerprint density at radius 1 is 1.27 bits per heavy atom. The Labute approximate surface area is 153 Å². The topological polar surface area (TPSA) is 90.3 Å². The number of benzene rings is 1. The van der Waals surface area contributed by atoms with Gasteiger partial charge in [-0.15, -0.1) is 0 Å². The van der Waals surface area contributed by atoms with E-state index < -0.39 is 23.5 Å². The van der Waals surface area contributed by atoms with Crippen LogP contribution in [0.2, 0.25) is 0 Å². The number of amides is 1. The molecule has 0 unspecified atom stereocenters. The Balaban J connectivity index is 1.97. The van der Waals surface area contributed by atoms with Gasteiger partial charge >= 0.3 is 5.97 Å². The molecule has 0 bridgehead atoms. The second kappa shape index (κ2) is 6.89. The Hall–Kier alpha value is -2.12. The van der Waals surface area contributed by atoms with Gasteiger partial charge in [-0.25, -0.2) is 0 Å². The summed E-state index contributed by atoms with van der Waals surface area (Å²) in [6.07, 6.45) is 0.197. The van der Waals surface area contributed by atoms with Gasteiger partial charge in [-0.1, -0.05) is 19.1 Å². The highest BCUT2D eigenvalue weighted by Crippen LogP contribution is 2.48. The van der Waals surface area contributed by atoms with Crippen LogP contribution in [0, 0.1) is 5.92 Å². The number of ether oxygens (including phenoxy) is 1. The predicted octanol–water partition coefficient (Wildman–Crippen LogP) is 1.12. The number of aliphatic carboxylic acids is 1. The van der Waals surface area contributed by atoms with Gasteiger partial charge in [0.05, 0.1) is 19.1 Å². The average Bonchev–Trinajstić information content (AvgIpc) is 2.92. The minimum absolute atomic E-state index is 0.0838. The molecule has 2 fully saturated rings. The predicted molar refractivity (Wildman–Crippen MR) is 94.8 cm³/mol. The molecule has 3 atom stereocenters. The number of carboxylic acids is 1. The van der Waals surface area contributed by atoms with E-state index in [1.807, 2.05) is 36.1 Å². The van der Waals surface area contributed by atoms with Gasteiger partial charge in [0, 0.05) is 19.1 Å². The molecule has 2 saturated heterocycles. The molecule has 2 heterocycles. The number of nitrogens with zero attached hydrogens (tertiary/aromatic N) is 2. The van der Waals surface area contributed by atoms with Crippen molar-refractivity contribution in [3.05, 3.63) is 29.8 Å². The van der Waals surface area contributed by atoms with Gasteiger partial charge in [-0.3, -0.25) is 14.5 Å². The van der Waals surface area contributed by atoms with E-state index >= 15 is 0 Å². The fourth-order valence-corrected chi connectivity index (χ4v) is 4.29. The molecule has 2 aliphatic heterocycles. The summed E-state index contributed by atoms with van der Waals surface area (Å²) >= 11 is 0. The molecule has 1 aromatic rings. The fraction of sp³-hybridized carbons (Fsp3) is 0.579. The third-order valence-electron chi connectivity index (χ3n) is 5.96. The van der Waals surface area contributed by atoms with Crippen molar-refractivity contribution in [3.63, 3.8) is 0 Å². The number of likely N-dealkylation sites (N-methyl/N-ethyl adjacent to an activating group) is 1. The molecule has 3 rings (SSSR count). The van der Waals surface area contributed by atoms with Gasteiger partial charge in [0.2, 0.25) is 5.91 Å². The van der Waals surface area contributed by atoms with Crippen LogP contribution in [0.25, 0.3) is 0 Å². The zero-order valence-corrected chi connectivity index (χ0v) is 15.4. The highest BCUT2D eigenvalue weighted by molar-refractivity contribution is 5.86. The number of likely N-dealkylation sites (tertiary alicyclic amines) is 2. The minimum Gasteiger partial charge on any atom is -0.497 e. The average molecular weight is 362 g/mol. The molecule has 1 amide bonds. The first kappa shape index (κ1) is 18.7. The monoisotopic (exact) mass is 362 g/mol. The number of methoxy groups -OCH3 is 1. The molecule has 2 N–H and O–H groups in total. The summed E-state index contributed by atoms with van der Waals surface area (Å²) in [4.78, 5) is 28.6. The number of aliphatic hydroxyl groups is 1. The van der Waals surface area contributed by atoms with Gasteiger partial charge in [0.15, 0.2) is 0 Å². The Kier molecular flexibility index (Phi) is 4.94. The third kappa shape index (κ3) is 2.85. The summed E-state index contributed by atoms with van der Waals surface area (Å²) in [5, 5.41) is 19.4. The summed E-state index contributed by atoms with van der Waals surface area (Å²) in [6, 6.07) is 7.09. The number of hydrogen-bond acceptors (Lipinski definition) is 5. The summed E-state index contributed by atoms with van der Waals surface area (Å²) in [5.41, 5.74) is -0.182. The summed E-state index contributed by atoms with van der Waals surface area (Å²) in [6.45, 7) is 2.48. The number of hydrogen-bond donors (Lipinski definition) is 2. The lowest BCUT2D eigenvalue weighted by atomic mass is 9.86. The van der Waals surface area contributed by atoms with Crippen LogP contribution < -0.4 is 4.74 Å². The molecule has 0 spiro atoms. The lowest BCUT2D eigenvalue weighted by molar-refractivity contribution is -0.150. The van der Waals surface area contributed by atoms with Crippen molar-refractivity contribution in [2.24, 2.45) is 5.92 Å². The number of rotatable bonds is 5. The van der Waals surface area contributed by atoms with Crippen molar-refractivity contribution in [2.75, 3.05) is 27.2 Å². The molecule has 0 saturated carbocycles. The molecule has 26 heavy (non-hydrogen) atoms. The first-order valence-corrected chi connectivity index (χ1v) is 8.91. The Bertz CT molecular complexity index is 686. The number of carboxylic acid groups (broad SMARTS) is 1. The van der Waals surface area contributed by atoms with Crippen LogP contribution in [-0.4, -0.2) is 70.8 Å². The third-order valence-corrected chi connectivity index (χ3v) is 5.96. The van der Waals surface area contributed by atoms with Crippen molar-refractivity contribution >= 4 is 11.9 Å². The van der Waals surface area contributed by atoms with E-state index in [1.54, 1.807) is 19.1 Å². The lowest BCUT2D eigenvalue weighted by Crippen LogP contribution is -2.55. The zero-order chi connectivity index (χ0) is 19.1. The minimum atomic E-state index is -1.07. The number of β-amino-alcohol motifs (C(OH)–C–C–N with tert-alkyl or cyclic N) is 1. The fourth-order valence-electron chi connectivity index (χ4n) is 4.29. The standard InChI is InChI=1S/C19H26N2O5/c1-4-19(18(24)25)9-15(17(23)21-10-13(22)11-21)16(20(19)2)12-5-7-14(26-3)8-6-12/h5-8,13,15-16,22H,4,9-11H2,1-3H3,(H,24,25)/t15-,16-,19-/m0/s1. The first-order valence-electron chi connectivity index (χ1n) is 8.91. The first-order chi connectivity index (χ1) is 12.3. The van der Waals surface area contributed by atoms with E-state index in [0.717, 1.165) is 5.56 Å². The molecule has 0 radical (unpaired) electrons. The molecule has 1 aromatic carbocycles. The molecule has 2 aliphatic rings. The normalized spacial score (nSPS) is 29.5. The molecule has 0 aliphatic carbocycles. The van der Waals surface area contributed by atoms with Gasteiger partial charge in [-0.2, -0.15) is 0 Å². The quantitative estimate of drug-likeness (QED) is 0.816. The molecule has 0 aromatic heterocycles. The van der Waals surface area contributed by atoms with Crippen LogP contribution in [0.5, 0.6) is 5.75 Å². The highest BCUT2D eigenvalue weighted by atomic mass is 16.5. The molecule has 7 nitrogen and oxygen atoms in total. The van der Waals surface area contributed by atoms with Gasteiger partial charge in [0.1, 0.15) is 11.3 Å². The van der Waals surface area contributed by atoms with Gasteiger partial charge in [0.25, 0.3) is 0 Å². The van der Waals surface area contributed by atoms with E-state index in [9.17, 15) is 19.8 Å². The maximum absolute atomic E-state index is 13.0. The lowest BCUT2D eigenvalue weighted by Gasteiger charge is -2.39. The van der Waals surface area contributed by atoms with Gasteiger partial charge < -0.3 is 19.8 Å². The molecule has 142 valence electrons. The molecule has 7 heteroatoms. The van der Waals surface area contributed by atoms with Crippen molar-refractivity contribution < 1.29 is 24.5 Å². The number of carbonyl (C=O) groups is 2. The van der Waals surface area contributed by atoms with Crippen molar-refractivity contribution in [3.8, 4) is 5.75 Å².